The molecule has 0 saturated heterocycles. The lowest BCUT2D eigenvalue weighted by Gasteiger charge is -2.28. The molecule has 0 unspecified atom stereocenters. The summed E-state index contributed by atoms with van der Waals surface area (Å²) in [4.78, 5) is 21.2. The highest BCUT2D eigenvalue weighted by Gasteiger charge is 2.41. The van der Waals surface area contributed by atoms with E-state index in [9.17, 15) is 22.8 Å². The fraction of sp³-hybridized carbons (Fsp3) is 0.400. The minimum atomic E-state index is -4.72. The average molecular weight is 299 g/mol. The zero-order valence-corrected chi connectivity index (χ0v) is 10.2. The molecule has 0 spiro atoms. The number of nitrogens with one attached hydrogen (secondary N) is 1. The largest absolute Gasteiger partial charge is 0.432 e. The van der Waals surface area contributed by atoms with Gasteiger partial charge in [0.1, 0.15) is 12.0 Å². The summed E-state index contributed by atoms with van der Waals surface area (Å²) in [5.74, 6) is -0.969. The second-order valence-electron chi connectivity index (χ2n) is 3.54. The SMILES string of the molecule is NC(=O)C1=CC(Cl)=C(C(F)(F)F)N[C@H]1OCCC=O. The summed E-state index contributed by atoms with van der Waals surface area (Å²) in [6, 6.07) is 0. The number of amides is 1. The van der Waals surface area contributed by atoms with Crippen LogP contribution in [0.15, 0.2) is 22.4 Å². The molecule has 3 N–H and O–H groups in total. The Morgan fingerprint density at radius 2 is 2.21 bits per heavy atom. The molecule has 0 aromatic carbocycles. The molecule has 0 saturated carbocycles. The number of primary amides is 1. The lowest BCUT2D eigenvalue weighted by molar-refractivity contribution is -0.118. The van der Waals surface area contributed by atoms with Gasteiger partial charge in [0.25, 0.3) is 0 Å². The smallest absolute Gasteiger partial charge is 0.366 e. The molecule has 1 atom stereocenters. The van der Waals surface area contributed by atoms with Crippen LogP contribution in [-0.4, -0.2) is 31.2 Å². The highest BCUT2D eigenvalue weighted by Crippen LogP contribution is 2.32. The number of ether oxygens (including phenoxy) is 1. The Morgan fingerprint density at radius 3 is 2.68 bits per heavy atom. The van der Waals surface area contributed by atoms with Gasteiger partial charge in [-0.05, 0) is 6.08 Å². The van der Waals surface area contributed by atoms with Crippen LogP contribution in [0.5, 0.6) is 0 Å². The lowest BCUT2D eigenvalue weighted by Crippen LogP contribution is -2.44. The maximum atomic E-state index is 12.6. The van der Waals surface area contributed by atoms with Crippen molar-refractivity contribution in [1.29, 1.82) is 0 Å². The zero-order chi connectivity index (χ0) is 14.6. The quantitative estimate of drug-likeness (QED) is 0.585. The van der Waals surface area contributed by atoms with E-state index in [1.807, 2.05) is 5.32 Å². The van der Waals surface area contributed by atoms with E-state index in [0.717, 1.165) is 6.08 Å². The van der Waals surface area contributed by atoms with Gasteiger partial charge in [0.15, 0.2) is 6.23 Å². The topological polar surface area (TPSA) is 81.4 Å². The summed E-state index contributed by atoms with van der Waals surface area (Å²) in [6.45, 7) is -0.158. The Bertz CT molecular complexity index is 446. The molecular formula is C10H10ClF3N2O3. The standard InChI is InChI=1S/C10H10ClF3N2O3/c11-6-4-5(8(15)18)9(19-3-1-2-17)16-7(6)10(12,13)14/h2,4,9,16H,1,3H2,(H2,15,18)/t9-/m0/s1. The molecule has 1 rings (SSSR count). The zero-order valence-electron chi connectivity index (χ0n) is 9.46. The molecule has 1 amide bonds. The number of aldehydes is 1. The van der Waals surface area contributed by atoms with Crippen LogP contribution in [0.25, 0.3) is 0 Å². The maximum Gasteiger partial charge on any atom is 0.432 e. The van der Waals surface area contributed by atoms with Gasteiger partial charge >= 0.3 is 6.18 Å². The normalized spacial score (nSPS) is 19.8. The number of hydrogen-bond acceptors (Lipinski definition) is 4. The first kappa shape index (κ1) is 15.5. The molecule has 1 aliphatic heterocycles. The molecule has 1 aliphatic rings. The predicted molar refractivity (Wildman–Crippen MR) is 59.8 cm³/mol. The van der Waals surface area contributed by atoms with E-state index in [2.05, 4.69) is 0 Å². The highest BCUT2D eigenvalue weighted by molar-refractivity contribution is 6.32. The van der Waals surface area contributed by atoms with Crippen LogP contribution in [0.3, 0.4) is 0 Å². The van der Waals surface area contributed by atoms with Gasteiger partial charge in [-0.15, -0.1) is 0 Å². The summed E-state index contributed by atoms with van der Waals surface area (Å²) < 4.78 is 42.8. The Labute approximate surface area is 111 Å². The predicted octanol–water partition coefficient (Wildman–Crippen LogP) is 0.946. The van der Waals surface area contributed by atoms with Crippen LogP contribution in [0.4, 0.5) is 13.2 Å². The number of carbonyl (C=O) groups excluding carboxylic acids is 2. The number of dihydropyridines is 1. The van der Waals surface area contributed by atoms with Gasteiger partial charge in [-0.3, -0.25) is 4.79 Å². The van der Waals surface area contributed by atoms with E-state index in [0.29, 0.717) is 6.29 Å². The molecule has 0 aromatic rings. The van der Waals surface area contributed by atoms with Crippen LogP contribution in [0, 0.1) is 0 Å². The van der Waals surface area contributed by atoms with Crippen LogP contribution in [0.2, 0.25) is 0 Å². The first-order valence-electron chi connectivity index (χ1n) is 5.07. The number of alkyl halides is 3. The maximum absolute atomic E-state index is 12.6. The number of nitrogens with two attached hydrogens (primary N) is 1. The molecular weight excluding hydrogens is 289 g/mol. The highest BCUT2D eigenvalue weighted by atomic mass is 35.5. The van der Waals surface area contributed by atoms with E-state index in [-0.39, 0.29) is 18.6 Å². The average Bonchev–Trinajstić information content (AvgIpc) is 2.29. The van der Waals surface area contributed by atoms with Crippen molar-refractivity contribution in [1.82, 2.24) is 5.32 Å². The van der Waals surface area contributed by atoms with Crippen molar-refractivity contribution in [3.05, 3.63) is 22.4 Å². The van der Waals surface area contributed by atoms with Gasteiger partial charge in [0.05, 0.1) is 17.2 Å². The van der Waals surface area contributed by atoms with Crippen molar-refractivity contribution >= 4 is 23.8 Å². The summed E-state index contributed by atoms with van der Waals surface area (Å²) in [6.07, 6.45) is -4.80. The Morgan fingerprint density at radius 1 is 1.58 bits per heavy atom. The van der Waals surface area contributed by atoms with E-state index in [1.165, 1.54) is 0 Å². The molecule has 5 nitrogen and oxygen atoms in total. The lowest BCUT2D eigenvalue weighted by atomic mass is 10.1. The molecule has 0 aliphatic carbocycles. The van der Waals surface area contributed by atoms with Gasteiger partial charge in [0.2, 0.25) is 5.91 Å². The Hall–Kier alpha value is -1.54. The number of hydrogen-bond donors (Lipinski definition) is 2. The monoisotopic (exact) mass is 298 g/mol. The fourth-order valence-electron chi connectivity index (χ4n) is 1.35. The minimum absolute atomic E-state index is 0.0248. The van der Waals surface area contributed by atoms with Gasteiger partial charge in [-0.2, -0.15) is 13.2 Å². The summed E-state index contributed by atoms with van der Waals surface area (Å²) in [7, 11) is 0. The minimum Gasteiger partial charge on any atom is -0.366 e. The van der Waals surface area contributed by atoms with Crippen LogP contribution in [0.1, 0.15) is 6.42 Å². The van der Waals surface area contributed by atoms with E-state index >= 15 is 0 Å². The van der Waals surface area contributed by atoms with Gasteiger partial charge in [-0.1, -0.05) is 11.6 Å². The Balaban J connectivity index is 2.99. The molecule has 0 bridgehead atoms. The summed E-state index contributed by atoms with van der Waals surface area (Å²) >= 11 is 5.43. The number of halogens is 4. The summed E-state index contributed by atoms with van der Waals surface area (Å²) in [5, 5.41) is 1.27. The van der Waals surface area contributed by atoms with E-state index in [1.54, 1.807) is 0 Å². The second-order valence-corrected chi connectivity index (χ2v) is 3.94. The number of carbonyl (C=O) groups is 2. The van der Waals surface area contributed by atoms with E-state index < -0.39 is 29.0 Å². The molecule has 106 valence electrons. The molecule has 0 radical (unpaired) electrons. The second kappa shape index (κ2) is 6.07. The molecule has 9 heteroatoms. The van der Waals surface area contributed by atoms with Gasteiger partial charge in [0, 0.05) is 6.42 Å². The molecule has 1 heterocycles. The van der Waals surface area contributed by atoms with Crippen molar-refractivity contribution in [2.24, 2.45) is 5.73 Å². The van der Waals surface area contributed by atoms with Crippen LogP contribution >= 0.6 is 11.6 Å². The molecule has 0 aromatic heterocycles. The van der Waals surface area contributed by atoms with Crippen LogP contribution in [-0.2, 0) is 14.3 Å². The first-order valence-corrected chi connectivity index (χ1v) is 5.45. The van der Waals surface area contributed by atoms with Gasteiger partial charge in [-0.25, -0.2) is 0 Å². The van der Waals surface area contributed by atoms with Crippen molar-refractivity contribution in [3.8, 4) is 0 Å². The first-order chi connectivity index (χ1) is 8.77. The number of rotatable bonds is 5. The third kappa shape index (κ3) is 3.97. The van der Waals surface area contributed by atoms with Gasteiger partial charge < -0.3 is 20.6 Å². The van der Waals surface area contributed by atoms with Crippen LogP contribution < -0.4 is 11.1 Å². The van der Waals surface area contributed by atoms with E-state index in [4.69, 9.17) is 22.1 Å². The van der Waals surface area contributed by atoms with Crippen molar-refractivity contribution in [2.75, 3.05) is 6.61 Å². The molecule has 19 heavy (non-hydrogen) atoms. The van der Waals surface area contributed by atoms with Crippen molar-refractivity contribution < 1.29 is 27.5 Å². The van der Waals surface area contributed by atoms with Crippen molar-refractivity contribution in [2.45, 2.75) is 18.8 Å². The number of allylic oxidation sites excluding steroid dienone is 3. The fourth-order valence-corrected chi connectivity index (χ4v) is 1.62. The Kier molecular flexibility index (Phi) is 4.96. The summed E-state index contributed by atoms with van der Waals surface area (Å²) in [5.41, 5.74) is 3.55. The third-order valence-electron chi connectivity index (χ3n) is 2.17. The third-order valence-corrected chi connectivity index (χ3v) is 2.47. The van der Waals surface area contributed by atoms with Crippen molar-refractivity contribution in [3.63, 3.8) is 0 Å². The molecule has 0 fully saturated rings.